The molecule has 0 aliphatic heterocycles. The minimum atomic E-state index is 0.688. The molecule has 0 fully saturated rings. The number of hydrogen-bond acceptors (Lipinski definition) is 5. The lowest BCUT2D eigenvalue weighted by atomic mass is 10.0. The first-order valence-corrected chi connectivity index (χ1v) is 14.1. The van der Waals surface area contributed by atoms with Crippen LogP contribution in [0, 0.1) is 0 Å². The van der Waals surface area contributed by atoms with Crippen molar-refractivity contribution < 1.29 is 0 Å². The Morgan fingerprint density at radius 3 is 1.84 bits per heavy atom. The zero-order chi connectivity index (χ0) is 28.6. The van der Waals surface area contributed by atoms with E-state index in [2.05, 4.69) is 81.3 Å². The first-order valence-electron chi connectivity index (χ1n) is 14.1. The van der Waals surface area contributed by atoms with Gasteiger partial charge in [-0.1, -0.05) is 66.7 Å². The van der Waals surface area contributed by atoms with Crippen molar-refractivity contribution in [1.29, 1.82) is 0 Å². The zero-order valence-electron chi connectivity index (χ0n) is 23.0. The number of rotatable bonds is 5. The van der Waals surface area contributed by atoms with Gasteiger partial charge in [0, 0.05) is 52.6 Å². The Balaban J connectivity index is 1.22. The highest BCUT2D eigenvalue weighted by atomic mass is 15.1. The van der Waals surface area contributed by atoms with E-state index in [1.807, 2.05) is 79.4 Å². The van der Waals surface area contributed by atoms with E-state index in [9.17, 15) is 0 Å². The smallest absolute Gasteiger partial charge is 0.160 e. The van der Waals surface area contributed by atoms with Crippen molar-refractivity contribution in [3.05, 3.63) is 146 Å². The lowest BCUT2D eigenvalue weighted by Gasteiger charge is -2.11. The lowest BCUT2D eigenvalue weighted by molar-refractivity contribution is 1.13. The average Bonchev–Trinajstić information content (AvgIpc) is 3.43. The third-order valence-electron chi connectivity index (χ3n) is 7.65. The molecule has 8 rings (SSSR count). The van der Waals surface area contributed by atoms with E-state index >= 15 is 0 Å². The van der Waals surface area contributed by atoms with Gasteiger partial charge in [0.1, 0.15) is 5.65 Å². The largest absolute Gasteiger partial charge is 0.292 e. The predicted octanol–water partition coefficient (Wildman–Crippen LogP) is 8.43. The van der Waals surface area contributed by atoms with Crippen molar-refractivity contribution in [3.63, 3.8) is 0 Å². The second kappa shape index (κ2) is 10.4. The van der Waals surface area contributed by atoms with Crippen LogP contribution in [0.5, 0.6) is 0 Å². The van der Waals surface area contributed by atoms with E-state index in [0.29, 0.717) is 5.82 Å². The summed E-state index contributed by atoms with van der Waals surface area (Å²) in [4.78, 5) is 23.5. The van der Waals surface area contributed by atoms with Crippen molar-refractivity contribution >= 4 is 22.1 Å². The maximum Gasteiger partial charge on any atom is 0.160 e. The zero-order valence-corrected chi connectivity index (χ0v) is 23.0. The molecule has 6 nitrogen and oxygen atoms in total. The topological polar surface area (TPSA) is 69.4 Å². The molecule has 0 unspecified atom stereocenters. The van der Waals surface area contributed by atoms with Gasteiger partial charge in [-0.05, 0) is 65.7 Å². The lowest BCUT2D eigenvalue weighted by Crippen LogP contribution is -1.97. The summed E-state index contributed by atoms with van der Waals surface area (Å²) in [5, 5.41) is 1.03. The van der Waals surface area contributed by atoms with Crippen molar-refractivity contribution in [2.24, 2.45) is 0 Å². The molecule has 0 aliphatic carbocycles. The Bertz CT molecular complexity index is 2150. The van der Waals surface area contributed by atoms with E-state index < -0.39 is 0 Å². The molecule has 0 atom stereocenters. The molecule has 43 heavy (non-hydrogen) atoms. The maximum absolute atomic E-state index is 5.01. The molecule has 0 saturated heterocycles. The van der Waals surface area contributed by atoms with E-state index in [-0.39, 0.29) is 0 Å². The van der Waals surface area contributed by atoms with Crippen LogP contribution in [0.2, 0.25) is 0 Å². The van der Waals surface area contributed by atoms with Gasteiger partial charge in [0.2, 0.25) is 0 Å². The Kier molecular flexibility index (Phi) is 6.01. The summed E-state index contributed by atoms with van der Waals surface area (Å²) in [5.41, 5.74) is 10.9. The van der Waals surface area contributed by atoms with E-state index in [1.54, 1.807) is 0 Å². The molecule has 0 aliphatic rings. The normalized spacial score (nSPS) is 11.3. The van der Waals surface area contributed by atoms with Crippen LogP contribution in [0.15, 0.2) is 146 Å². The molecule has 0 N–H and O–H groups in total. The molecule has 5 aromatic heterocycles. The minimum Gasteiger partial charge on any atom is -0.292 e. The summed E-state index contributed by atoms with van der Waals surface area (Å²) < 4.78 is 2.16. The highest BCUT2D eigenvalue weighted by molar-refractivity contribution is 6.05. The molecule has 0 radical (unpaired) electrons. The second-order valence-corrected chi connectivity index (χ2v) is 10.3. The molecule has 0 spiro atoms. The van der Waals surface area contributed by atoms with Gasteiger partial charge in [0.15, 0.2) is 5.82 Å². The van der Waals surface area contributed by atoms with Gasteiger partial charge in [-0.25, -0.2) is 15.0 Å². The summed E-state index contributed by atoms with van der Waals surface area (Å²) in [6, 6.07) is 41.2. The fourth-order valence-electron chi connectivity index (χ4n) is 5.54. The number of aromatic nitrogens is 6. The van der Waals surface area contributed by atoms with Gasteiger partial charge in [-0.15, -0.1) is 0 Å². The fraction of sp³-hybridized carbons (Fsp3) is 0. The first-order chi connectivity index (χ1) is 21.3. The van der Waals surface area contributed by atoms with E-state index in [1.165, 1.54) is 0 Å². The van der Waals surface area contributed by atoms with Gasteiger partial charge in [0.05, 0.1) is 22.4 Å². The third kappa shape index (κ3) is 4.51. The van der Waals surface area contributed by atoms with Crippen LogP contribution < -0.4 is 0 Å². The van der Waals surface area contributed by atoms with Crippen molar-refractivity contribution in [3.8, 4) is 50.7 Å². The van der Waals surface area contributed by atoms with Crippen LogP contribution >= 0.6 is 0 Å². The Morgan fingerprint density at radius 2 is 1.09 bits per heavy atom. The van der Waals surface area contributed by atoms with Crippen LogP contribution in [0.3, 0.4) is 0 Å². The predicted molar refractivity (Wildman–Crippen MR) is 171 cm³/mol. The summed E-state index contributed by atoms with van der Waals surface area (Å²) in [6.07, 6.45) is 7.27. The quantitative estimate of drug-likeness (QED) is 0.214. The van der Waals surface area contributed by atoms with Gasteiger partial charge in [-0.3, -0.25) is 14.5 Å². The fourth-order valence-corrected chi connectivity index (χ4v) is 5.54. The minimum absolute atomic E-state index is 0.688. The first kappa shape index (κ1) is 24.8. The molecular weight excluding hydrogens is 528 g/mol. The maximum atomic E-state index is 5.01. The molecule has 0 saturated carbocycles. The SMILES string of the molecule is c1ccc(-c2nc(-c3ccc(-c4ccncc4)cc3)cc(-c3ccc(-n4c5cccnc5c5cccnc54)cc3)n2)cc1. The van der Waals surface area contributed by atoms with E-state index in [4.69, 9.17) is 15.0 Å². The Hall–Kier alpha value is -6.01. The highest BCUT2D eigenvalue weighted by Gasteiger charge is 2.15. The molecule has 8 aromatic rings. The second-order valence-electron chi connectivity index (χ2n) is 10.3. The number of hydrogen-bond donors (Lipinski definition) is 0. The monoisotopic (exact) mass is 552 g/mol. The van der Waals surface area contributed by atoms with E-state index in [0.717, 1.165) is 67.0 Å². The van der Waals surface area contributed by atoms with Crippen molar-refractivity contribution in [2.45, 2.75) is 0 Å². The highest BCUT2D eigenvalue weighted by Crippen LogP contribution is 2.32. The van der Waals surface area contributed by atoms with Crippen LogP contribution in [-0.2, 0) is 0 Å². The molecule has 5 heterocycles. The molecular formula is C37H24N6. The third-order valence-corrected chi connectivity index (χ3v) is 7.65. The Morgan fingerprint density at radius 1 is 0.465 bits per heavy atom. The number of fused-ring (bicyclic) bond motifs is 3. The molecule has 0 amide bonds. The molecule has 6 heteroatoms. The van der Waals surface area contributed by atoms with Crippen molar-refractivity contribution in [2.75, 3.05) is 0 Å². The van der Waals surface area contributed by atoms with Crippen molar-refractivity contribution in [1.82, 2.24) is 29.5 Å². The summed E-state index contributed by atoms with van der Waals surface area (Å²) >= 11 is 0. The van der Waals surface area contributed by atoms with Crippen LogP contribution in [0.1, 0.15) is 0 Å². The van der Waals surface area contributed by atoms with Crippen LogP contribution in [0.4, 0.5) is 0 Å². The summed E-state index contributed by atoms with van der Waals surface area (Å²) in [5.74, 6) is 0.688. The van der Waals surface area contributed by atoms with Gasteiger partial charge in [0.25, 0.3) is 0 Å². The Labute approximate surface area is 248 Å². The van der Waals surface area contributed by atoms with Crippen LogP contribution in [-0.4, -0.2) is 29.5 Å². The van der Waals surface area contributed by atoms with Gasteiger partial charge in [-0.2, -0.15) is 0 Å². The molecule has 202 valence electrons. The average molecular weight is 553 g/mol. The molecule has 0 bridgehead atoms. The summed E-state index contributed by atoms with van der Waals surface area (Å²) in [6.45, 7) is 0. The van der Waals surface area contributed by atoms with Crippen LogP contribution in [0.25, 0.3) is 72.8 Å². The number of pyridine rings is 3. The number of benzene rings is 3. The van der Waals surface area contributed by atoms with Gasteiger partial charge < -0.3 is 0 Å². The summed E-state index contributed by atoms with van der Waals surface area (Å²) in [7, 11) is 0. The van der Waals surface area contributed by atoms with Gasteiger partial charge >= 0.3 is 0 Å². The molecule has 3 aromatic carbocycles. The number of nitrogens with zero attached hydrogens (tertiary/aromatic N) is 6. The standard InChI is InChI=1S/C37H24N6/c1-2-6-29(7-3-1)36-41-32(27-12-10-25(11-13-27)26-18-22-38-23-19-26)24-33(42-36)28-14-16-30(17-15-28)43-34-9-5-20-39-35(34)31-8-4-21-40-37(31)43/h1-24H.